The van der Waals surface area contributed by atoms with Crippen LogP contribution in [0.1, 0.15) is 44.9 Å². The summed E-state index contributed by atoms with van der Waals surface area (Å²) in [6.45, 7) is 0. The van der Waals surface area contributed by atoms with Gasteiger partial charge in [0.1, 0.15) is 0 Å². The standard InChI is InChI=1S/C11H20O2/c12-11(13)10(9-6-7-9)8-4-2-1-3-5-8/h8-13H,1-7H2. The molecule has 0 aromatic rings. The van der Waals surface area contributed by atoms with E-state index in [1.165, 1.54) is 44.9 Å². The van der Waals surface area contributed by atoms with E-state index in [9.17, 15) is 10.2 Å². The lowest BCUT2D eigenvalue weighted by atomic mass is 9.77. The fourth-order valence-electron chi connectivity index (χ4n) is 2.87. The highest BCUT2D eigenvalue weighted by atomic mass is 16.5. The summed E-state index contributed by atoms with van der Waals surface area (Å²) >= 11 is 0. The van der Waals surface area contributed by atoms with Crippen molar-refractivity contribution in [1.82, 2.24) is 0 Å². The Balaban J connectivity index is 1.92. The van der Waals surface area contributed by atoms with Gasteiger partial charge >= 0.3 is 0 Å². The van der Waals surface area contributed by atoms with Crippen LogP contribution >= 0.6 is 0 Å². The van der Waals surface area contributed by atoms with E-state index < -0.39 is 6.29 Å². The molecule has 0 amide bonds. The molecule has 0 aromatic carbocycles. The Morgan fingerprint density at radius 1 is 0.769 bits per heavy atom. The Labute approximate surface area is 80.0 Å². The Morgan fingerprint density at radius 2 is 1.31 bits per heavy atom. The molecular weight excluding hydrogens is 164 g/mol. The van der Waals surface area contributed by atoms with Crippen molar-refractivity contribution in [3.8, 4) is 0 Å². The largest absolute Gasteiger partial charge is 0.368 e. The van der Waals surface area contributed by atoms with E-state index in [4.69, 9.17) is 0 Å². The molecule has 0 radical (unpaired) electrons. The van der Waals surface area contributed by atoms with E-state index in [1.54, 1.807) is 0 Å². The quantitative estimate of drug-likeness (QED) is 0.658. The van der Waals surface area contributed by atoms with Crippen LogP contribution in [0.5, 0.6) is 0 Å². The van der Waals surface area contributed by atoms with Gasteiger partial charge in [0.2, 0.25) is 0 Å². The first-order valence-electron chi connectivity index (χ1n) is 5.65. The Kier molecular flexibility index (Phi) is 2.89. The van der Waals surface area contributed by atoms with Gasteiger partial charge in [-0.15, -0.1) is 0 Å². The Morgan fingerprint density at radius 3 is 1.77 bits per heavy atom. The first kappa shape index (κ1) is 9.47. The monoisotopic (exact) mass is 184 g/mol. The number of aliphatic hydroxyl groups excluding tert-OH is 1. The third-order valence-corrected chi connectivity index (χ3v) is 3.70. The van der Waals surface area contributed by atoms with Gasteiger partial charge in [-0.1, -0.05) is 19.3 Å². The lowest BCUT2D eigenvalue weighted by Gasteiger charge is -2.31. The molecule has 0 aliphatic heterocycles. The maximum atomic E-state index is 9.33. The topological polar surface area (TPSA) is 40.5 Å². The number of aliphatic hydroxyl groups is 2. The highest BCUT2D eigenvalue weighted by Gasteiger charge is 2.40. The van der Waals surface area contributed by atoms with E-state index >= 15 is 0 Å². The average molecular weight is 184 g/mol. The number of rotatable bonds is 3. The minimum absolute atomic E-state index is 0.195. The van der Waals surface area contributed by atoms with Crippen LogP contribution in [-0.4, -0.2) is 16.5 Å². The summed E-state index contributed by atoms with van der Waals surface area (Å²) in [5.74, 6) is 1.42. The average Bonchev–Trinajstić information content (AvgIpc) is 2.90. The molecule has 2 N–H and O–H groups in total. The van der Waals surface area contributed by atoms with E-state index in [1.807, 2.05) is 0 Å². The first-order valence-corrected chi connectivity index (χ1v) is 5.65. The van der Waals surface area contributed by atoms with Gasteiger partial charge in [0.25, 0.3) is 0 Å². The zero-order valence-electron chi connectivity index (χ0n) is 8.15. The summed E-state index contributed by atoms with van der Waals surface area (Å²) in [4.78, 5) is 0. The van der Waals surface area contributed by atoms with Crippen molar-refractivity contribution < 1.29 is 10.2 Å². The van der Waals surface area contributed by atoms with Gasteiger partial charge in [0.05, 0.1) is 0 Å². The normalized spacial score (nSPS) is 27.9. The second kappa shape index (κ2) is 3.97. The second-order valence-corrected chi connectivity index (χ2v) is 4.73. The van der Waals surface area contributed by atoms with Crippen LogP contribution in [0, 0.1) is 17.8 Å². The van der Waals surface area contributed by atoms with Crippen molar-refractivity contribution >= 4 is 0 Å². The van der Waals surface area contributed by atoms with E-state index in [-0.39, 0.29) is 5.92 Å². The zero-order chi connectivity index (χ0) is 9.26. The SMILES string of the molecule is OC(O)C(C1CCCCC1)C1CC1. The summed E-state index contributed by atoms with van der Waals surface area (Å²) in [5.41, 5.74) is 0. The first-order chi connectivity index (χ1) is 6.29. The van der Waals surface area contributed by atoms with Crippen LogP contribution in [0.2, 0.25) is 0 Å². The molecule has 2 saturated carbocycles. The fourth-order valence-corrected chi connectivity index (χ4v) is 2.87. The minimum Gasteiger partial charge on any atom is -0.368 e. The van der Waals surface area contributed by atoms with Crippen LogP contribution in [0.3, 0.4) is 0 Å². The van der Waals surface area contributed by atoms with E-state index in [2.05, 4.69) is 0 Å². The molecule has 1 unspecified atom stereocenters. The molecule has 13 heavy (non-hydrogen) atoms. The molecule has 76 valence electrons. The molecule has 0 spiro atoms. The van der Waals surface area contributed by atoms with Gasteiger partial charge in [-0.2, -0.15) is 0 Å². The Hall–Kier alpha value is -0.0800. The van der Waals surface area contributed by atoms with Gasteiger partial charge in [0, 0.05) is 5.92 Å². The molecule has 0 aromatic heterocycles. The van der Waals surface area contributed by atoms with Gasteiger partial charge in [-0.05, 0) is 37.5 Å². The maximum Gasteiger partial charge on any atom is 0.154 e. The summed E-state index contributed by atoms with van der Waals surface area (Å²) in [6, 6.07) is 0. The van der Waals surface area contributed by atoms with Crippen LogP contribution in [0.15, 0.2) is 0 Å². The lowest BCUT2D eigenvalue weighted by Crippen LogP contribution is -2.30. The van der Waals surface area contributed by atoms with Crippen LogP contribution in [0.4, 0.5) is 0 Å². The molecule has 2 aliphatic carbocycles. The summed E-state index contributed by atoms with van der Waals surface area (Å²) in [5, 5.41) is 18.7. The maximum absolute atomic E-state index is 9.33. The molecule has 0 saturated heterocycles. The summed E-state index contributed by atoms with van der Waals surface area (Å²) < 4.78 is 0. The molecule has 0 heterocycles. The smallest absolute Gasteiger partial charge is 0.154 e. The number of hydrogen-bond acceptors (Lipinski definition) is 2. The van der Waals surface area contributed by atoms with Crippen LogP contribution in [0.25, 0.3) is 0 Å². The molecule has 2 rings (SSSR count). The van der Waals surface area contributed by atoms with Crippen LogP contribution in [-0.2, 0) is 0 Å². The second-order valence-electron chi connectivity index (χ2n) is 4.73. The highest BCUT2D eigenvalue weighted by molar-refractivity contribution is 4.87. The lowest BCUT2D eigenvalue weighted by molar-refractivity contribution is -0.111. The van der Waals surface area contributed by atoms with Crippen molar-refractivity contribution in [1.29, 1.82) is 0 Å². The summed E-state index contributed by atoms with van der Waals surface area (Å²) in [6.07, 6.45) is 7.75. The van der Waals surface area contributed by atoms with E-state index in [0.717, 1.165) is 0 Å². The third-order valence-electron chi connectivity index (χ3n) is 3.70. The Bertz CT molecular complexity index is 155. The molecule has 2 aliphatic rings. The number of hydrogen-bond donors (Lipinski definition) is 2. The van der Waals surface area contributed by atoms with Gasteiger partial charge in [-0.25, -0.2) is 0 Å². The predicted octanol–water partition coefficient (Wildman–Crippen LogP) is 1.90. The van der Waals surface area contributed by atoms with Crippen LogP contribution < -0.4 is 0 Å². The van der Waals surface area contributed by atoms with Crippen molar-refractivity contribution in [3.05, 3.63) is 0 Å². The molecule has 1 atom stereocenters. The molecule has 2 fully saturated rings. The van der Waals surface area contributed by atoms with Gasteiger partial charge in [0.15, 0.2) is 6.29 Å². The fraction of sp³-hybridized carbons (Fsp3) is 1.00. The molecule has 2 nitrogen and oxygen atoms in total. The molecular formula is C11H20O2. The van der Waals surface area contributed by atoms with E-state index in [0.29, 0.717) is 11.8 Å². The van der Waals surface area contributed by atoms with Crippen molar-refractivity contribution in [2.75, 3.05) is 0 Å². The van der Waals surface area contributed by atoms with Gasteiger partial charge < -0.3 is 10.2 Å². The zero-order valence-corrected chi connectivity index (χ0v) is 8.15. The van der Waals surface area contributed by atoms with Crippen molar-refractivity contribution in [2.24, 2.45) is 17.8 Å². The van der Waals surface area contributed by atoms with Gasteiger partial charge in [-0.3, -0.25) is 0 Å². The van der Waals surface area contributed by atoms with Crippen molar-refractivity contribution in [2.45, 2.75) is 51.2 Å². The minimum atomic E-state index is -1.06. The molecule has 2 heteroatoms. The third kappa shape index (κ3) is 2.23. The summed E-state index contributed by atoms with van der Waals surface area (Å²) in [7, 11) is 0. The molecule has 0 bridgehead atoms. The highest BCUT2D eigenvalue weighted by Crippen LogP contribution is 2.45. The van der Waals surface area contributed by atoms with Crippen molar-refractivity contribution in [3.63, 3.8) is 0 Å². The predicted molar refractivity (Wildman–Crippen MR) is 51.0 cm³/mol.